The number of hydrogen-bond acceptors (Lipinski definition) is 2. The lowest BCUT2D eigenvalue weighted by molar-refractivity contribution is 0.303. The van der Waals surface area contributed by atoms with Gasteiger partial charge in [0.15, 0.2) is 0 Å². The molecular formula is C12H15FO2. The maximum Gasteiger partial charge on any atom is 0.127 e. The predicted octanol–water partition coefficient (Wildman–Crippen LogP) is 2.62. The highest BCUT2D eigenvalue weighted by Gasteiger charge is 1.98. The van der Waals surface area contributed by atoms with Gasteiger partial charge >= 0.3 is 0 Å². The first kappa shape index (κ1) is 11.7. The van der Waals surface area contributed by atoms with Crippen molar-refractivity contribution in [1.82, 2.24) is 0 Å². The molecule has 0 aliphatic rings. The van der Waals surface area contributed by atoms with E-state index in [1.54, 1.807) is 18.2 Å². The molecule has 0 bridgehead atoms. The third-order valence-electron chi connectivity index (χ3n) is 1.81. The standard InChI is InChI=1S/C12H15FO2/c1-2-15-12-8-10(5-3-4-6-14)7-11(13)9-12/h3,5,7-9,14H,2,4,6H2,1H3. The van der Waals surface area contributed by atoms with Gasteiger partial charge in [-0.25, -0.2) is 4.39 Å². The smallest absolute Gasteiger partial charge is 0.127 e. The van der Waals surface area contributed by atoms with Crippen LogP contribution in [0.4, 0.5) is 4.39 Å². The first-order chi connectivity index (χ1) is 7.26. The van der Waals surface area contributed by atoms with Crippen molar-refractivity contribution in [2.24, 2.45) is 0 Å². The Morgan fingerprint density at radius 1 is 1.40 bits per heavy atom. The van der Waals surface area contributed by atoms with Gasteiger partial charge in [0.1, 0.15) is 11.6 Å². The SMILES string of the molecule is CCOc1cc(F)cc(C=CCCO)c1. The molecule has 0 heterocycles. The largest absolute Gasteiger partial charge is 0.494 e. The summed E-state index contributed by atoms with van der Waals surface area (Å²) in [6, 6.07) is 4.55. The molecule has 1 aromatic rings. The van der Waals surface area contributed by atoms with E-state index in [1.165, 1.54) is 12.1 Å². The zero-order valence-electron chi connectivity index (χ0n) is 8.74. The number of aliphatic hydroxyl groups is 1. The van der Waals surface area contributed by atoms with E-state index in [1.807, 2.05) is 6.92 Å². The molecule has 0 fully saturated rings. The van der Waals surface area contributed by atoms with Crippen LogP contribution in [-0.2, 0) is 0 Å². The molecule has 0 aliphatic heterocycles. The highest BCUT2D eigenvalue weighted by molar-refractivity contribution is 5.51. The Bertz CT molecular complexity index is 334. The van der Waals surface area contributed by atoms with Gasteiger partial charge in [-0.2, -0.15) is 0 Å². The van der Waals surface area contributed by atoms with E-state index < -0.39 is 0 Å². The zero-order valence-corrected chi connectivity index (χ0v) is 8.74. The van der Waals surface area contributed by atoms with E-state index in [9.17, 15) is 4.39 Å². The molecule has 0 saturated carbocycles. The molecule has 1 aromatic carbocycles. The van der Waals surface area contributed by atoms with Gasteiger partial charge < -0.3 is 9.84 Å². The average Bonchev–Trinajstić information content (AvgIpc) is 2.18. The minimum Gasteiger partial charge on any atom is -0.494 e. The fourth-order valence-electron chi connectivity index (χ4n) is 1.22. The minimum absolute atomic E-state index is 0.101. The number of benzene rings is 1. The third kappa shape index (κ3) is 4.13. The molecule has 0 saturated heterocycles. The van der Waals surface area contributed by atoms with Gasteiger partial charge in [0.05, 0.1) is 6.61 Å². The Hall–Kier alpha value is -1.35. The van der Waals surface area contributed by atoms with Gasteiger partial charge in [-0.15, -0.1) is 0 Å². The molecule has 82 valence electrons. The molecule has 1 N–H and O–H groups in total. The van der Waals surface area contributed by atoms with Crippen molar-refractivity contribution in [2.75, 3.05) is 13.2 Å². The number of halogens is 1. The quantitative estimate of drug-likeness (QED) is 0.809. The van der Waals surface area contributed by atoms with Crippen molar-refractivity contribution < 1.29 is 14.2 Å². The molecule has 0 atom stereocenters. The number of aliphatic hydroxyl groups excluding tert-OH is 1. The lowest BCUT2D eigenvalue weighted by atomic mass is 10.2. The van der Waals surface area contributed by atoms with Crippen LogP contribution in [0.3, 0.4) is 0 Å². The van der Waals surface area contributed by atoms with E-state index >= 15 is 0 Å². The van der Waals surface area contributed by atoms with E-state index in [2.05, 4.69) is 0 Å². The first-order valence-corrected chi connectivity index (χ1v) is 4.97. The monoisotopic (exact) mass is 210 g/mol. The second-order valence-corrected chi connectivity index (χ2v) is 3.07. The topological polar surface area (TPSA) is 29.5 Å². The van der Waals surface area contributed by atoms with Gasteiger partial charge in [0.25, 0.3) is 0 Å². The van der Waals surface area contributed by atoms with Gasteiger partial charge in [0.2, 0.25) is 0 Å². The molecule has 0 aliphatic carbocycles. The van der Waals surface area contributed by atoms with Crippen LogP contribution in [0, 0.1) is 5.82 Å². The second-order valence-electron chi connectivity index (χ2n) is 3.07. The van der Waals surface area contributed by atoms with Crippen LogP contribution in [0.25, 0.3) is 6.08 Å². The second kappa shape index (κ2) is 6.19. The van der Waals surface area contributed by atoms with Crippen molar-refractivity contribution >= 4 is 6.08 Å². The van der Waals surface area contributed by atoms with Crippen LogP contribution in [0.15, 0.2) is 24.3 Å². The van der Waals surface area contributed by atoms with Gasteiger partial charge in [-0.1, -0.05) is 12.2 Å². The zero-order chi connectivity index (χ0) is 11.1. The maximum absolute atomic E-state index is 13.1. The summed E-state index contributed by atoms with van der Waals surface area (Å²) >= 11 is 0. The predicted molar refractivity (Wildman–Crippen MR) is 58.3 cm³/mol. The van der Waals surface area contributed by atoms with E-state index in [0.29, 0.717) is 18.8 Å². The summed E-state index contributed by atoms with van der Waals surface area (Å²) in [5.41, 5.74) is 0.743. The Morgan fingerprint density at radius 3 is 2.87 bits per heavy atom. The fraction of sp³-hybridized carbons (Fsp3) is 0.333. The molecule has 15 heavy (non-hydrogen) atoms. The summed E-state index contributed by atoms with van der Waals surface area (Å²) in [6.45, 7) is 2.47. The van der Waals surface area contributed by atoms with Crippen molar-refractivity contribution in [2.45, 2.75) is 13.3 Å². The van der Waals surface area contributed by atoms with Crippen molar-refractivity contribution in [3.8, 4) is 5.75 Å². The fourth-order valence-corrected chi connectivity index (χ4v) is 1.22. The lowest BCUT2D eigenvalue weighted by Crippen LogP contribution is -1.92. The molecule has 0 spiro atoms. The Morgan fingerprint density at radius 2 is 2.20 bits per heavy atom. The van der Waals surface area contributed by atoms with Crippen LogP contribution in [0.5, 0.6) is 5.75 Å². The summed E-state index contributed by atoms with van der Waals surface area (Å²) in [7, 11) is 0. The van der Waals surface area contributed by atoms with Gasteiger partial charge in [0, 0.05) is 12.7 Å². The highest BCUT2D eigenvalue weighted by Crippen LogP contribution is 2.17. The van der Waals surface area contributed by atoms with E-state index in [0.717, 1.165) is 5.56 Å². The number of rotatable bonds is 5. The Labute approximate surface area is 89.0 Å². The number of hydrogen-bond donors (Lipinski definition) is 1. The highest BCUT2D eigenvalue weighted by atomic mass is 19.1. The van der Waals surface area contributed by atoms with Gasteiger partial charge in [-0.3, -0.25) is 0 Å². The van der Waals surface area contributed by atoms with Crippen LogP contribution < -0.4 is 4.74 Å². The summed E-state index contributed by atoms with van der Waals surface area (Å²) in [5, 5.41) is 8.59. The summed E-state index contributed by atoms with van der Waals surface area (Å²) in [6.07, 6.45) is 4.13. The van der Waals surface area contributed by atoms with E-state index in [-0.39, 0.29) is 12.4 Å². The molecule has 1 rings (SSSR count). The van der Waals surface area contributed by atoms with Crippen molar-refractivity contribution in [3.63, 3.8) is 0 Å². The summed E-state index contributed by atoms with van der Waals surface area (Å²) in [4.78, 5) is 0. The Kier molecular flexibility index (Phi) is 4.84. The molecular weight excluding hydrogens is 195 g/mol. The third-order valence-corrected chi connectivity index (χ3v) is 1.81. The van der Waals surface area contributed by atoms with Crippen LogP contribution in [-0.4, -0.2) is 18.3 Å². The van der Waals surface area contributed by atoms with Crippen LogP contribution in [0.2, 0.25) is 0 Å². The first-order valence-electron chi connectivity index (χ1n) is 4.97. The van der Waals surface area contributed by atoms with Crippen LogP contribution >= 0.6 is 0 Å². The average molecular weight is 210 g/mol. The van der Waals surface area contributed by atoms with E-state index in [4.69, 9.17) is 9.84 Å². The molecule has 0 aromatic heterocycles. The lowest BCUT2D eigenvalue weighted by Gasteiger charge is -2.04. The molecule has 3 heteroatoms. The minimum atomic E-state index is -0.315. The van der Waals surface area contributed by atoms with Crippen molar-refractivity contribution in [1.29, 1.82) is 0 Å². The number of ether oxygens (including phenoxy) is 1. The van der Waals surface area contributed by atoms with Crippen LogP contribution in [0.1, 0.15) is 18.9 Å². The maximum atomic E-state index is 13.1. The molecule has 0 unspecified atom stereocenters. The normalized spacial score (nSPS) is 10.9. The molecule has 0 amide bonds. The van der Waals surface area contributed by atoms with Crippen molar-refractivity contribution in [3.05, 3.63) is 35.7 Å². The summed E-state index contributed by atoms with van der Waals surface area (Å²) in [5.74, 6) is 0.214. The Balaban J connectivity index is 2.78. The van der Waals surface area contributed by atoms with Gasteiger partial charge in [-0.05, 0) is 31.0 Å². The molecule has 2 nitrogen and oxygen atoms in total. The summed E-state index contributed by atoms with van der Waals surface area (Å²) < 4.78 is 18.3. The molecule has 0 radical (unpaired) electrons.